The maximum atomic E-state index is 5.90. The molecule has 0 aliphatic carbocycles. The Kier molecular flexibility index (Phi) is 6.51. The number of hydrogen-bond acceptors (Lipinski definition) is 1. The predicted molar refractivity (Wildman–Crippen MR) is 68.2 cm³/mol. The van der Waals surface area contributed by atoms with Crippen molar-refractivity contribution in [3.63, 3.8) is 0 Å². The minimum absolute atomic E-state index is 0.344. The Morgan fingerprint density at radius 1 is 0.867 bits per heavy atom. The van der Waals surface area contributed by atoms with Gasteiger partial charge in [-0.15, -0.1) is 0 Å². The lowest BCUT2D eigenvalue weighted by Gasteiger charge is -2.30. The van der Waals surface area contributed by atoms with Crippen molar-refractivity contribution < 1.29 is 4.74 Å². The molecule has 0 aliphatic rings. The van der Waals surface area contributed by atoms with Crippen LogP contribution in [0.1, 0.15) is 67.2 Å². The first kappa shape index (κ1) is 15.0. The summed E-state index contributed by atoms with van der Waals surface area (Å²) in [6.45, 7) is 15.5. The van der Waals surface area contributed by atoms with Gasteiger partial charge in [-0.1, -0.05) is 48.0 Å². The molecular formula is C14H30O. The molecule has 0 aromatic heterocycles. The van der Waals surface area contributed by atoms with Crippen molar-refractivity contribution in [3.8, 4) is 0 Å². The highest BCUT2D eigenvalue weighted by atomic mass is 16.5. The maximum Gasteiger partial charge on any atom is 0.0519 e. The summed E-state index contributed by atoms with van der Waals surface area (Å²) in [6.07, 6.45) is 4.91. The second-order valence-corrected chi connectivity index (χ2v) is 5.92. The molecule has 0 N–H and O–H groups in total. The molecule has 1 heteroatoms. The molecular weight excluding hydrogens is 184 g/mol. The van der Waals surface area contributed by atoms with Gasteiger partial charge < -0.3 is 4.74 Å². The van der Waals surface area contributed by atoms with Gasteiger partial charge in [0.1, 0.15) is 0 Å². The highest BCUT2D eigenvalue weighted by Gasteiger charge is 2.22. The van der Waals surface area contributed by atoms with E-state index in [1.165, 1.54) is 25.7 Å². The third-order valence-electron chi connectivity index (χ3n) is 3.58. The smallest absolute Gasteiger partial charge is 0.0519 e. The number of ether oxygens (including phenoxy) is 1. The second-order valence-electron chi connectivity index (χ2n) is 5.92. The first-order chi connectivity index (χ1) is 6.89. The molecule has 0 aromatic carbocycles. The van der Waals surface area contributed by atoms with Gasteiger partial charge >= 0.3 is 0 Å². The van der Waals surface area contributed by atoms with Gasteiger partial charge in [0.15, 0.2) is 0 Å². The Labute approximate surface area is 96.6 Å². The summed E-state index contributed by atoms with van der Waals surface area (Å²) in [5, 5.41) is 0. The fourth-order valence-electron chi connectivity index (χ4n) is 1.78. The molecule has 0 heterocycles. The molecule has 0 rings (SSSR count). The van der Waals surface area contributed by atoms with Crippen molar-refractivity contribution in [2.45, 2.75) is 67.2 Å². The predicted octanol–water partition coefficient (Wildman–Crippen LogP) is 4.66. The van der Waals surface area contributed by atoms with Crippen molar-refractivity contribution in [1.29, 1.82) is 0 Å². The zero-order valence-corrected chi connectivity index (χ0v) is 11.7. The average Bonchev–Trinajstić information content (AvgIpc) is 2.17. The van der Waals surface area contributed by atoms with Crippen LogP contribution in [0.3, 0.4) is 0 Å². The number of rotatable bonds is 8. The monoisotopic (exact) mass is 214 g/mol. The minimum atomic E-state index is 0.344. The van der Waals surface area contributed by atoms with Gasteiger partial charge in [0.05, 0.1) is 13.2 Å². The van der Waals surface area contributed by atoms with Crippen LogP contribution in [0.25, 0.3) is 0 Å². The fraction of sp³-hybridized carbons (Fsp3) is 1.00. The van der Waals surface area contributed by atoms with E-state index in [2.05, 4.69) is 41.5 Å². The van der Waals surface area contributed by atoms with Crippen molar-refractivity contribution in [3.05, 3.63) is 0 Å². The molecule has 0 fully saturated rings. The zero-order valence-electron chi connectivity index (χ0n) is 11.7. The van der Waals surface area contributed by atoms with Gasteiger partial charge in [-0.25, -0.2) is 0 Å². The summed E-state index contributed by atoms with van der Waals surface area (Å²) >= 11 is 0. The van der Waals surface area contributed by atoms with Crippen LogP contribution in [0.2, 0.25) is 0 Å². The van der Waals surface area contributed by atoms with E-state index in [9.17, 15) is 0 Å². The zero-order chi connectivity index (χ0) is 11.9. The Morgan fingerprint density at radius 2 is 1.40 bits per heavy atom. The van der Waals surface area contributed by atoms with Crippen LogP contribution >= 0.6 is 0 Å². The summed E-state index contributed by atoms with van der Waals surface area (Å²) < 4.78 is 5.90. The van der Waals surface area contributed by atoms with E-state index >= 15 is 0 Å². The van der Waals surface area contributed by atoms with Crippen molar-refractivity contribution >= 4 is 0 Å². The molecule has 0 saturated carbocycles. The highest BCUT2D eigenvalue weighted by Crippen LogP contribution is 2.28. The van der Waals surface area contributed by atoms with E-state index in [4.69, 9.17) is 4.74 Å². The van der Waals surface area contributed by atoms with Gasteiger partial charge in [0.25, 0.3) is 0 Å². The fourth-order valence-corrected chi connectivity index (χ4v) is 1.78. The van der Waals surface area contributed by atoms with Gasteiger partial charge in [-0.2, -0.15) is 0 Å². The second kappa shape index (κ2) is 6.52. The summed E-state index contributed by atoms with van der Waals surface area (Å²) in [5.74, 6) is 0. The molecule has 0 amide bonds. The van der Waals surface area contributed by atoms with Crippen LogP contribution < -0.4 is 0 Å². The van der Waals surface area contributed by atoms with Crippen LogP contribution in [-0.2, 0) is 4.74 Å². The maximum absolute atomic E-state index is 5.90. The lowest BCUT2D eigenvalue weighted by molar-refractivity contribution is 0.00324. The van der Waals surface area contributed by atoms with Crippen molar-refractivity contribution in [2.24, 2.45) is 10.8 Å². The Bertz CT molecular complexity index is 157. The highest BCUT2D eigenvalue weighted by molar-refractivity contribution is 4.72. The van der Waals surface area contributed by atoms with E-state index in [0.29, 0.717) is 10.8 Å². The van der Waals surface area contributed by atoms with E-state index in [1.54, 1.807) is 0 Å². The third-order valence-corrected chi connectivity index (χ3v) is 3.58. The first-order valence-corrected chi connectivity index (χ1v) is 6.47. The Balaban J connectivity index is 3.87. The summed E-state index contributed by atoms with van der Waals surface area (Å²) in [4.78, 5) is 0. The minimum Gasteiger partial charge on any atom is -0.380 e. The molecule has 0 saturated heterocycles. The molecule has 0 atom stereocenters. The van der Waals surface area contributed by atoms with Gasteiger partial charge in [-0.3, -0.25) is 0 Å². The summed E-state index contributed by atoms with van der Waals surface area (Å²) in [6, 6.07) is 0. The Hall–Kier alpha value is -0.0400. The molecule has 92 valence electrons. The normalized spacial score (nSPS) is 13.2. The molecule has 0 radical (unpaired) electrons. The lowest BCUT2D eigenvalue weighted by atomic mass is 9.85. The molecule has 0 unspecified atom stereocenters. The van der Waals surface area contributed by atoms with Crippen molar-refractivity contribution in [1.82, 2.24) is 0 Å². The summed E-state index contributed by atoms with van der Waals surface area (Å²) in [7, 11) is 0. The standard InChI is InChI=1S/C14H30O/c1-7-10-13(4,5)11-15-12-14(6,8-2)9-3/h7-12H2,1-6H3. The lowest BCUT2D eigenvalue weighted by Crippen LogP contribution is -2.26. The van der Waals surface area contributed by atoms with Crippen molar-refractivity contribution in [2.75, 3.05) is 13.2 Å². The van der Waals surface area contributed by atoms with E-state index in [1.807, 2.05) is 0 Å². The quantitative estimate of drug-likeness (QED) is 0.571. The summed E-state index contributed by atoms with van der Waals surface area (Å²) in [5.41, 5.74) is 0.722. The molecule has 1 nitrogen and oxygen atoms in total. The van der Waals surface area contributed by atoms with Crippen LogP contribution in [0.15, 0.2) is 0 Å². The number of hydrogen-bond donors (Lipinski definition) is 0. The van der Waals surface area contributed by atoms with E-state index in [-0.39, 0.29) is 0 Å². The largest absolute Gasteiger partial charge is 0.380 e. The topological polar surface area (TPSA) is 9.23 Å². The van der Waals surface area contributed by atoms with E-state index in [0.717, 1.165) is 13.2 Å². The van der Waals surface area contributed by atoms with Crippen LogP contribution in [0, 0.1) is 10.8 Å². The average molecular weight is 214 g/mol. The van der Waals surface area contributed by atoms with E-state index < -0.39 is 0 Å². The van der Waals surface area contributed by atoms with Gasteiger partial charge in [-0.05, 0) is 30.1 Å². The molecule has 15 heavy (non-hydrogen) atoms. The first-order valence-electron chi connectivity index (χ1n) is 6.47. The molecule has 0 bridgehead atoms. The van der Waals surface area contributed by atoms with Gasteiger partial charge in [0, 0.05) is 0 Å². The van der Waals surface area contributed by atoms with Gasteiger partial charge in [0.2, 0.25) is 0 Å². The third kappa shape index (κ3) is 6.19. The molecule has 0 spiro atoms. The van der Waals surface area contributed by atoms with Crippen LogP contribution in [-0.4, -0.2) is 13.2 Å². The Morgan fingerprint density at radius 3 is 1.80 bits per heavy atom. The van der Waals surface area contributed by atoms with Crippen LogP contribution in [0.5, 0.6) is 0 Å². The van der Waals surface area contributed by atoms with Crippen LogP contribution in [0.4, 0.5) is 0 Å². The SMILES string of the molecule is CCCC(C)(C)COCC(C)(CC)CC. The molecule has 0 aromatic rings. The molecule has 0 aliphatic heterocycles.